The van der Waals surface area contributed by atoms with Gasteiger partial charge in [-0.3, -0.25) is 4.79 Å². The monoisotopic (exact) mass is 463 g/mol. The molecular formula is C24H22ClN5O3. The minimum absolute atomic E-state index is 0.0549. The second kappa shape index (κ2) is 9.76. The lowest BCUT2D eigenvalue weighted by Crippen LogP contribution is -2.41. The number of nitriles is 1. The quantitative estimate of drug-likeness (QED) is 0.538. The van der Waals surface area contributed by atoms with Crippen molar-refractivity contribution in [1.29, 1.82) is 5.26 Å². The molecule has 9 heteroatoms. The third kappa shape index (κ3) is 4.83. The number of piperidine rings is 1. The van der Waals surface area contributed by atoms with Crippen molar-refractivity contribution in [3.8, 4) is 17.6 Å². The van der Waals surface area contributed by atoms with Crippen LogP contribution in [0.4, 0.5) is 11.5 Å². The summed E-state index contributed by atoms with van der Waals surface area (Å²) in [5, 5.41) is 13.6. The van der Waals surface area contributed by atoms with Crippen LogP contribution in [-0.4, -0.2) is 47.1 Å². The average molecular weight is 464 g/mol. The molecule has 0 atom stereocenters. The predicted octanol–water partition coefficient (Wildman–Crippen LogP) is 4.46. The summed E-state index contributed by atoms with van der Waals surface area (Å²) in [7, 11) is 1.58. The number of aromatic nitrogens is 2. The van der Waals surface area contributed by atoms with E-state index in [4.69, 9.17) is 21.1 Å². The highest BCUT2D eigenvalue weighted by Crippen LogP contribution is 2.36. The molecule has 3 aromatic rings. The number of benzene rings is 2. The number of hydrogen-bond donors (Lipinski definition) is 1. The van der Waals surface area contributed by atoms with Gasteiger partial charge in [0.25, 0.3) is 0 Å². The van der Waals surface area contributed by atoms with Gasteiger partial charge in [-0.25, -0.2) is 9.97 Å². The lowest BCUT2D eigenvalue weighted by molar-refractivity contribution is -0.127. The number of methoxy groups -OCH3 is 1. The molecule has 1 aromatic heterocycles. The Labute approximate surface area is 196 Å². The number of carbonyl (C=O) groups excluding carboxylic acids is 1. The molecular weight excluding hydrogens is 442 g/mol. The summed E-state index contributed by atoms with van der Waals surface area (Å²) in [5.74, 6) is 1.64. The molecule has 1 aliphatic heterocycles. The highest BCUT2D eigenvalue weighted by molar-refractivity contribution is 6.31. The maximum Gasteiger partial charge on any atom is 0.245 e. The Morgan fingerprint density at radius 1 is 1.27 bits per heavy atom. The molecule has 0 bridgehead atoms. The first-order chi connectivity index (χ1) is 16.0. The first kappa shape index (κ1) is 22.4. The van der Waals surface area contributed by atoms with Crippen molar-refractivity contribution in [1.82, 2.24) is 14.9 Å². The van der Waals surface area contributed by atoms with Crippen molar-refractivity contribution >= 4 is 39.9 Å². The molecule has 0 aliphatic carbocycles. The number of fused-ring (bicyclic) bond motifs is 1. The second-order valence-corrected chi connectivity index (χ2v) is 7.93. The molecule has 1 N–H and O–H groups in total. The summed E-state index contributed by atoms with van der Waals surface area (Å²) in [6, 6.07) is 10.8. The maximum atomic E-state index is 11.8. The summed E-state index contributed by atoms with van der Waals surface area (Å²) in [6.45, 7) is 4.77. The van der Waals surface area contributed by atoms with E-state index in [2.05, 4.69) is 27.9 Å². The van der Waals surface area contributed by atoms with Crippen LogP contribution >= 0.6 is 11.6 Å². The number of rotatable bonds is 6. The molecule has 1 amide bonds. The number of likely N-dealkylation sites (tertiary alicyclic amines) is 1. The molecule has 1 saturated heterocycles. The number of halogens is 1. The highest BCUT2D eigenvalue weighted by Gasteiger charge is 2.24. The van der Waals surface area contributed by atoms with Gasteiger partial charge in [0.1, 0.15) is 24.3 Å². The van der Waals surface area contributed by atoms with Gasteiger partial charge >= 0.3 is 0 Å². The zero-order valence-corrected chi connectivity index (χ0v) is 18.8. The lowest BCUT2D eigenvalue weighted by Gasteiger charge is -2.31. The van der Waals surface area contributed by atoms with Gasteiger partial charge < -0.3 is 19.7 Å². The summed E-state index contributed by atoms with van der Waals surface area (Å²) in [6.07, 6.45) is 4.15. The largest absolute Gasteiger partial charge is 0.493 e. The SMILES string of the molecule is C=CC(=O)N1CCC(Oc2cc3c(Nc4ccc(Cl)c(C#N)c4)ncnc3cc2OC)CC1. The molecule has 0 spiro atoms. The van der Waals surface area contributed by atoms with Crippen LogP contribution in [0.5, 0.6) is 11.5 Å². The fourth-order valence-electron chi connectivity index (χ4n) is 3.74. The smallest absolute Gasteiger partial charge is 0.245 e. The summed E-state index contributed by atoms with van der Waals surface area (Å²) in [5.41, 5.74) is 1.72. The second-order valence-electron chi connectivity index (χ2n) is 7.52. The molecule has 168 valence electrons. The molecule has 0 saturated carbocycles. The Hall–Kier alpha value is -3.83. The average Bonchev–Trinajstić information content (AvgIpc) is 2.85. The number of anilines is 2. The minimum Gasteiger partial charge on any atom is -0.493 e. The van der Waals surface area contributed by atoms with Crippen molar-refractivity contribution in [3.63, 3.8) is 0 Å². The van der Waals surface area contributed by atoms with Crippen LogP contribution in [0.3, 0.4) is 0 Å². The van der Waals surface area contributed by atoms with Gasteiger partial charge in [-0.15, -0.1) is 0 Å². The van der Waals surface area contributed by atoms with Gasteiger partial charge in [0.05, 0.1) is 23.2 Å². The zero-order chi connectivity index (χ0) is 23.4. The molecule has 4 rings (SSSR count). The van der Waals surface area contributed by atoms with Crippen LogP contribution in [0.1, 0.15) is 18.4 Å². The van der Waals surface area contributed by atoms with Crippen LogP contribution in [0, 0.1) is 11.3 Å². The van der Waals surface area contributed by atoms with E-state index in [1.807, 2.05) is 6.07 Å². The third-order valence-electron chi connectivity index (χ3n) is 5.49. The summed E-state index contributed by atoms with van der Waals surface area (Å²) < 4.78 is 11.8. The Kier molecular flexibility index (Phi) is 6.61. The molecule has 1 fully saturated rings. The molecule has 2 heterocycles. The van der Waals surface area contributed by atoms with Crippen molar-refractivity contribution in [2.45, 2.75) is 18.9 Å². The Bertz CT molecular complexity index is 1250. The van der Waals surface area contributed by atoms with Crippen molar-refractivity contribution in [2.24, 2.45) is 0 Å². The van der Waals surface area contributed by atoms with E-state index in [1.165, 1.54) is 12.4 Å². The van der Waals surface area contributed by atoms with E-state index in [0.717, 1.165) is 5.39 Å². The first-order valence-corrected chi connectivity index (χ1v) is 10.8. The highest BCUT2D eigenvalue weighted by atomic mass is 35.5. The van der Waals surface area contributed by atoms with Gasteiger partial charge in [-0.05, 0) is 30.3 Å². The Morgan fingerprint density at radius 3 is 2.76 bits per heavy atom. The van der Waals surface area contributed by atoms with Crippen LogP contribution in [0.25, 0.3) is 10.9 Å². The third-order valence-corrected chi connectivity index (χ3v) is 5.82. The topological polar surface area (TPSA) is 100 Å². The normalized spacial score (nSPS) is 13.9. The number of carbonyl (C=O) groups is 1. The van der Waals surface area contributed by atoms with Gasteiger partial charge in [0, 0.05) is 43.1 Å². The van der Waals surface area contributed by atoms with E-state index in [-0.39, 0.29) is 12.0 Å². The van der Waals surface area contributed by atoms with Crippen molar-refractivity contribution < 1.29 is 14.3 Å². The Balaban J connectivity index is 1.61. The predicted molar refractivity (Wildman–Crippen MR) is 126 cm³/mol. The molecule has 2 aromatic carbocycles. The molecule has 8 nitrogen and oxygen atoms in total. The minimum atomic E-state index is -0.0636. The summed E-state index contributed by atoms with van der Waals surface area (Å²) >= 11 is 6.04. The van der Waals surface area contributed by atoms with E-state index < -0.39 is 0 Å². The van der Waals surface area contributed by atoms with Gasteiger partial charge in [0.15, 0.2) is 11.5 Å². The number of hydrogen-bond acceptors (Lipinski definition) is 7. The van der Waals surface area contributed by atoms with Crippen LogP contribution in [0.15, 0.2) is 49.3 Å². The van der Waals surface area contributed by atoms with Gasteiger partial charge in [-0.1, -0.05) is 18.2 Å². The fraction of sp³-hybridized carbons (Fsp3) is 0.250. The first-order valence-electron chi connectivity index (χ1n) is 10.4. The molecule has 1 aliphatic rings. The molecule has 0 unspecified atom stereocenters. The number of nitrogens with zero attached hydrogens (tertiary/aromatic N) is 4. The standard InChI is InChI=1S/C24H22ClN5O3/c1-3-23(31)30-8-6-17(7-9-30)33-22-11-18-20(12-21(22)32-2)27-14-28-24(18)29-16-4-5-19(25)15(10-16)13-26/h3-5,10-12,14,17H,1,6-9H2,2H3,(H,27,28,29). The summed E-state index contributed by atoms with van der Waals surface area (Å²) in [4.78, 5) is 22.3. The van der Waals surface area contributed by atoms with Gasteiger partial charge in [0.2, 0.25) is 5.91 Å². The number of nitrogens with one attached hydrogen (secondary N) is 1. The lowest BCUT2D eigenvalue weighted by atomic mass is 10.1. The van der Waals surface area contributed by atoms with E-state index >= 15 is 0 Å². The number of amides is 1. The zero-order valence-electron chi connectivity index (χ0n) is 18.0. The van der Waals surface area contributed by atoms with Crippen LogP contribution < -0.4 is 14.8 Å². The van der Waals surface area contributed by atoms with E-state index in [1.54, 1.807) is 36.3 Å². The molecule has 33 heavy (non-hydrogen) atoms. The molecule has 0 radical (unpaired) electrons. The van der Waals surface area contributed by atoms with E-state index in [9.17, 15) is 10.1 Å². The number of ether oxygens (including phenoxy) is 2. The van der Waals surface area contributed by atoms with Crippen LogP contribution in [0.2, 0.25) is 5.02 Å². The van der Waals surface area contributed by atoms with Crippen LogP contribution in [-0.2, 0) is 4.79 Å². The van der Waals surface area contributed by atoms with Crippen molar-refractivity contribution in [3.05, 3.63) is 59.9 Å². The maximum absolute atomic E-state index is 11.8. The Morgan fingerprint density at radius 2 is 2.06 bits per heavy atom. The van der Waals surface area contributed by atoms with Gasteiger partial charge in [-0.2, -0.15) is 5.26 Å². The van der Waals surface area contributed by atoms with E-state index in [0.29, 0.717) is 65.0 Å². The fourth-order valence-corrected chi connectivity index (χ4v) is 3.90. The van der Waals surface area contributed by atoms with Crippen molar-refractivity contribution in [2.75, 3.05) is 25.5 Å².